The number of rotatable bonds is 7. The van der Waals surface area contributed by atoms with Crippen LogP contribution in [0.15, 0.2) is 24.3 Å². The molecule has 1 aromatic carbocycles. The number of nitrogens with one attached hydrogen (secondary N) is 1. The van der Waals surface area contributed by atoms with Crippen LogP contribution in [0.4, 0.5) is 14.9 Å². The molecule has 1 rings (SSSR count). The fourth-order valence-electron chi connectivity index (χ4n) is 2.01. The molecule has 0 bridgehead atoms. The first-order valence-corrected chi connectivity index (χ1v) is 7.04. The van der Waals surface area contributed by atoms with Crippen molar-refractivity contribution in [3.63, 3.8) is 0 Å². The summed E-state index contributed by atoms with van der Waals surface area (Å²) in [7, 11) is 3.45. The molecule has 2 N–H and O–H groups in total. The summed E-state index contributed by atoms with van der Waals surface area (Å²) >= 11 is 0. The minimum absolute atomic E-state index is 0.218. The van der Waals surface area contributed by atoms with E-state index in [-0.39, 0.29) is 11.8 Å². The van der Waals surface area contributed by atoms with Crippen LogP contribution in [0.2, 0.25) is 0 Å². The highest BCUT2D eigenvalue weighted by Gasteiger charge is 2.10. The number of para-hydroxylation sites is 1. The molecule has 1 atom stereocenters. The van der Waals surface area contributed by atoms with Crippen molar-refractivity contribution in [3.8, 4) is 0 Å². The second kappa shape index (κ2) is 8.46. The van der Waals surface area contributed by atoms with Crippen LogP contribution in [0.3, 0.4) is 0 Å². The monoisotopic (exact) mass is 297 g/mol. The molecule has 1 unspecified atom stereocenters. The van der Waals surface area contributed by atoms with Gasteiger partial charge in [-0.3, -0.25) is 0 Å². The van der Waals surface area contributed by atoms with Gasteiger partial charge in [-0.15, -0.1) is 0 Å². The minimum atomic E-state index is -0.548. The molecule has 5 nitrogen and oxygen atoms in total. The lowest BCUT2D eigenvalue weighted by molar-refractivity contribution is 0.144. The van der Waals surface area contributed by atoms with Crippen molar-refractivity contribution in [1.29, 1.82) is 0 Å². The summed E-state index contributed by atoms with van der Waals surface area (Å²) in [4.78, 5) is 14.9. The van der Waals surface area contributed by atoms with Gasteiger partial charge in [0.05, 0.1) is 11.8 Å². The Morgan fingerprint density at radius 3 is 2.67 bits per heavy atom. The first-order chi connectivity index (χ1) is 9.91. The molecule has 1 aromatic rings. The van der Waals surface area contributed by atoms with Gasteiger partial charge < -0.3 is 20.2 Å². The summed E-state index contributed by atoms with van der Waals surface area (Å²) < 4.78 is 13.6. The van der Waals surface area contributed by atoms with Crippen LogP contribution in [0.25, 0.3) is 0 Å². The van der Waals surface area contributed by atoms with E-state index in [1.54, 1.807) is 32.2 Å². The summed E-state index contributed by atoms with van der Waals surface area (Å²) in [6, 6.07) is 6.39. The van der Waals surface area contributed by atoms with Crippen LogP contribution in [0.5, 0.6) is 0 Å². The fourth-order valence-corrected chi connectivity index (χ4v) is 2.01. The van der Waals surface area contributed by atoms with E-state index in [0.29, 0.717) is 31.7 Å². The van der Waals surface area contributed by atoms with Crippen molar-refractivity contribution >= 4 is 11.7 Å². The normalized spacial score (nSPS) is 11.9. The molecular weight excluding hydrogens is 273 g/mol. The molecule has 0 saturated heterocycles. The number of halogens is 1. The van der Waals surface area contributed by atoms with Gasteiger partial charge in [-0.25, -0.2) is 9.18 Å². The van der Waals surface area contributed by atoms with Crippen molar-refractivity contribution in [2.45, 2.75) is 19.4 Å². The number of likely N-dealkylation sites (N-methyl/N-ethyl adjacent to an activating group) is 1. The van der Waals surface area contributed by atoms with Gasteiger partial charge in [0.15, 0.2) is 0 Å². The predicted octanol–water partition coefficient (Wildman–Crippen LogP) is 1.67. The zero-order chi connectivity index (χ0) is 15.8. The molecule has 0 aromatic heterocycles. The van der Waals surface area contributed by atoms with Crippen LogP contribution < -0.4 is 10.2 Å². The highest BCUT2D eigenvalue weighted by molar-refractivity contribution is 5.73. The number of nitrogens with zero attached hydrogens (tertiary/aromatic N) is 2. The smallest absolute Gasteiger partial charge is 0.317 e. The number of aliphatic hydroxyl groups is 1. The van der Waals surface area contributed by atoms with Gasteiger partial charge in [-0.2, -0.15) is 0 Å². The van der Waals surface area contributed by atoms with Gasteiger partial charge in [-0.05, 0) is 25.5 Å². The predicted molar refractivity (Wildman–Crippen MR) is 82.0 cm³/mol. The number of carbonyl (C=O) groups is 1. The fraction of sp³-hybridized carbons (Fsp3) is 0.533. The molecule has 0 spiro atoms. The average Bonchev–Trinajstić information content (AvgIpc) is 2.42. The number of benzene rings is 1. The number of urea groups is 1. The Balaban J connectivity index is 2.28. The molecule has 21 heavy (non-hydrogen) atoms. The van der Waals surface area contributed by atoms with Gasteiger partial charge in [0.2, 0.25) is 0 Å². The number of hydrogen-bond donors (Lipinski definition) is 2. The largest absolute Gasteiger partial charge is 0.392 e. The molecule has 0 aliphatic heterocycles. The van der Waals surface area contributed by atoms with E-state index in [1.807, 2.05) is 11.9 Å². The van der Waals surface area contributed by atoms with Crippen molar-refractivity contribution in [3.05, 3.63) is 30.1 Å². The first kappa shape index (κ1) is 17.2. The van der Waals surface area contributed by atoms with Crippen molar-refractivity contribution in [2.75, 3.05) is 38.6 Å². The van der Waals surface area contributed by atoms with Gasteiger partial charge in [-0.1, -0.05) is 12.1 Å². The number of amides is 2. The summed E-state index contributed by atoms with van der Waals surface area (Å²) in [6.07, 6.45) is 0.159. The molecular formula is C15H24FN3O2. The van der Waals surface area contributed by atoms with E-state index in [4.69, 9.17) is 0 Å². The molecule has 0 fully saturated rings. The van der Waals surface area contributed by atoms with Gasteiger partial charge in [0, 0.05) is 33.7 Å². The molecule has 0 heterocycles. The van der Waals surface area contributed by atoms with E-state index in [2.05, 4.69) is 5.32 Å². The Kier molecular flexibility index (Phi) is 6.94. The maximum absolute atomic E-state index is 13.6. The van der Waals surface area contributed by atoms with Crippen molar-refractivity contribution in [2.24, 2.45) is 0 Å². The zero-order valence-electron chi connectivity index (χ0n) is 12.8. The molecule has 6 heteroatoms. The van der Waals surface area contributed by atoms with Crippen molar-refractivity contribution < 1.29 is 14.3 Å². The third kappa shape index (κ3) is 5.99. The molecule has 2 amide bonds. The lowest BCUT2D eigenvalue weighted by Crippen LogP contribution is -2.41. The third-order valence-corrected chi connectivity index (χ3v) is 3.10. The molecule has 0 aliphatic rings. The van der Waals surface area contributed by atoms with Crippen LogP contribution in [-0.2, 0) is 0 Å². The SMILES string of the molecule is CC(O)CN(C)C(=O)NCCCN(C)c1ccccc1F. The third-order valence-electron chi connectivity index (χ3n) is 3.10. The van der Waals surface area contributed by atoms with Crippen LogP contribution >= 0.6 is 0 Å². The lowest BCUT2D eigenvalue weighted by atomic mass is 10.2. The summed E-state index contributed by atoms with van der Waals surface area (Å²) in [5.74, 6) is -0.249. The summed E-state index contributed by atoms with van der Waals surface area (Å²) in [6.45, 7) is 3.07. The molecule has 0 radical (unpaired) electrons. The van der Waals surface area contributed by atoms with Crippen LogP contribution in [0, 0.1) is 5.82 Å². The van der Waals surface area contributed by atoms with Crippen molar-refractivity contribution in [1.82, 2.24) is 10.2 Å². The van der Waals surface area contributed by atoms with E-state index >= 15 is 0 Å². The maximum atomic E-state index is 13.6. The number of carbonyl (C=O) groups excluding carboxylic acids is 1. The minimum Gasteiger partial charge on any atom is -0.392 e. The number of hydrogen-bond acceptors (Lipinski definition) is 3. The molecule has 118 valence electrons. The zero-order valence-corrected chi connectivity index (χ0v) is 12.8. The Morgan fingerprint density at radius 2 is 2.05 bits per heavy atom. The highest BCUT2D eigenvalue weighted by atomic mass is 19.1. The van der Waals surface area contributed by atoms with E-state index in [9.17, 15) is 14.3 Å². The maximum Gasteiger partial charge on any atom is 0.317 e. The second-order valence-electron chi connectivity index (χ2n) is 5.19. The quantitative estimate of drug-likeness (QED) is 0.753. The van der Waals surface area contributed by atoms with E-state index in [0.717, 1.165) is 0 Å². The van der Waals surface area contributed by atoms with Gasteiger partial charge in [0.25, 0.3) is 0 Å². The van der Waals surface area contributed by atoms with E-state index < -0.39 is 6.10 Å². The first-order valence-electron chi connectivity index (χ1n) is 7.04. The molecule has 0 saturated carbocycles. The Hall–Kier alpha value is -1.82. The van der Waals surface area contributed by atoms with Gasteiger partial charge in [0.1, 0.15) is 5.82 Å². The lowest BCUT2D eigenvalue weighted by Gasteiger charge is -2.21. The average molecular weight is 297 g/mol. The standard InChI is InChI=1S/C15H24FN3O2/c1-12(20)11-19(3)15(21)17-9-6-10-18(2)14-8-5-4-7-13(14)16/h4-5,7-8,12,20H,6,9-11H2,1-3H3,(H,17,21). The summed E-state index contributed by atoms with van der Waals surface area (Å²) in [5.41, 5.74) is 0.551. The summed E-state index contributed by atoms with van der Waals surface area (Å²) in [5, 5.41) is 12.0. The second-order valence-corrected chi connectivity index (χ2v) is 5.19. The van der Waals surface area contributed by atoms with E-state index in [1.165, 1.54) is 11.0 Å². The Labute approximate surface area is 125 Å². The number of aliphatic hydroxyl groups excluding tert-OH is 1. The Bertz CT molecular complexity index is 454. The molecule has 0 aliphatic carbocycles. The Morgan fingerprint density at radius 1 is 1.38 bits per heavy atom. The van der Waals surface area contributed by atoms with Crippen LogP contribution in [-0.4, -0.2) is 55.9 Å². The van der Waals surface area contributed by atoms with Gasteiger partial charge >= 0.3 is 6.03 Å². The number of anilines is 1. The van der Waals surface area contributed by atoms with Crippen LogP contribution in [0.1, 0.15) is 13.3 Å². The topological polar surface area (TPSA) is 55.8 Å². The highest BCUT2D eigenvalue weighted by Crippen LogP contribution is 2.16.